The highest BCUT2D eigenvalue weighted by atomic mass is 19.1. The van der Waals surface area contributed by atoms with Crippen LogP contribution in [0, 0.1) is 19.7 Å². The van der Waals surface area contributed by atoms with Gasteiger partial charge in [0.05, 0.1) is 0 Å². The molecule has 2 aromatic rings. The van der Waals surface area contributed by atoms with E-state index in [-0.39, 0.29) is 17.6 Å². The normalized spacial score (nSPS) is 12.5. The van der Waals surface area contributed by atoms with Crippen LogP contribution in [0.5, 0.6) is 5.75 Å². The molecular formula is C16H18FNO. The molecule has 0 aliphatic rings. The van der Waals surface area contributed by atoms with Gasteiger partial charge in [-0.15, -0.1) is 0 Å². The van der Waals surface area contributed by atoms with Crippen LogP contribution in [0.25, 0.3) is 11.1 Å². The first-order chi connectivity index (χ1) is 8.91. The molecule has 100 valence electrons. The van der Waals surface area contributed by atoms with Crippen molar-refractivity contribution in [2.24, 2.45) is 5.73 Å². The van der Waals surface area contributed by atoms with Crippen LogP contribution in [0.4, 0.5) is 4.39 Å². The summed E-state index contributed by atoms with van der Waals surface area (Å²) in [6.07, 6.45) is 0. The highest BCUT2D eigenvalue weighted by Gasteiger charge is 2.15. The summed E-state index contributed by atoms with van der Waals surface area (Å²) in [5.41, 5.74) is 9.28. The smallest absolute Gasteiger partial charge is 0.130 e. The number of nitrogens with two attached hydrogens (primary N) is 1. The number of aromatic hydroxyl groups is 1. The molecule has 3 N–H and O–H groups in total. The average Bonchev–Trinajstić information content (AvgIpc) is 2.32. The zero-order chi connectivity index (χ0) is 14.2. The molecule has 1 atom stereocenters. The lowest BCUT2D eigenvalue weighted by Crippen LogP contribution is -2.09. The van der Waals surface area contributed by atoms with Gasteiger partial charge in [0, 0.05) is 17.2 Å². The molecule has 3 heteroatoms. The molecule has 0 spiro atoms. The molecule has 0 aliphatic carbocycles. The van der Waals surface area contributed by atoms with E-state index in [1.165, 1.54) is 0 Å². The first kappa shape index (κ1) is 13.6. The van der Waals surface area contributed by atoms with Crippen LogP contribution in [-0.2, 0) is 0 Å². The molecule has 0 saturated heterocycles. The lowest BCUT2D eigenvalue weighted by Gasteiger charge is -2.15. The fraction of sp³-hybridized carbons (Fsp3) is 0.250. The Kier molecular flexibility index (Phi) is 3.58. The second-order valence-corrected chi connectivity index (χ2v) is 4.95. The minimum Gasteiger partial charge on any atom is -0.507 e. The van der Waals surface area contributed by atoms with Gasteiger partial charge in [-0.3, -0.25) is 0 Å². The zero-order valence-corrected chi connectivity index (χ0v) is 11.4. The maximum atomic E-state index is 14.0. The summed E-state index contributed by atoms with van der Waals surface area (Å²) in [5.74, 6) is -0.0755. The number of hydrogen-bond acceptors (Lipinski definition) is 2. The Hall–Kier alpha value is -1.87. The van der Waals surface area contributed by atoms with Crippen molar-refractivity contribution < 1.29 is 9.50 Å². The van der Waals surface area contributed by atoms with E-state index in [1.54, 1.807) is 38.1 Å². The van der Waals surface area contributed by atoms with Crippen LogP contribution < -0.4 is 5.73 Å². The quantitative estimate of drug-likeness (QED) is 0.860. The van der Waals surface area contributed by atoms with Crippen molar-refractivity contribution in [1.29, 1.82) is 0 Å². The van der Waals surface area contributed by atoms with Crippen molar-refractivity contribution in [2.75, 3.05) is 0 Å². The molecule has 1 unspecified atom stereocenters. The Morgan fingerprint density at radius 1 is 1.16 bits per heavy atom. The highest BCUT2D eigenvalue weighted by Crippen LogP contribution is 2.35. The van der Waals surface area contributed by atoms with Crippen LogP contribution in [0.2, 0.25) is 0 Å². The molecule has 0 bridgehead atoms. The van der Waals surface area contributed by atoms with E-state index in [2.05, 4.69) is 0 Å². The third-order valence-electron chi connectivity index (χ3n) is 3.31. The maximum Gasteiger partial charge on any atom is 0.130 e. The van der Waals surface area contributed by atoms with Crippen LogP contribution in [-0.4, -0.2) is 5.11 Å². The predicted molar refractivity (Wildman–Crippen MR) is 75.6 cm³/mol. The van der Waals surface area contributed by atoms with Gasteiger partial charge in [-0.05, 0) is 55.7 Å². The van der Waals surface area contributed by atoms with Gasteiger partial charge < -0.3 is 10.8 Å². The minimum absolute atomic E-state index is 0.196. The van der Waals surface area contributed by atoms with Gasteiger partial charge in [-0.1, -0.05) is 12.1 Å². The van der Waals surface area contributed by atoms with Crippen molar-refractivity contribution >= 4 is 0 Å². The fourth-order valence-corrected chi connectivity index (χ4v) is 2.30. The molecule has 0 aromatic heterocycles. The largest absolute Gasteiger partial charge is 0.507 e. The molecule has 0 heterocycles. The van der Waals surface area contributed by atoms with Crippen molar-refractivity contribution in [3.05, 3.63) is 52.8 Å². The van der Waals surface area contributed by atoms with Gasteiger partial charge >= 0.3 is 0 Å². The highest BCUT2D eigenvalue weighted by molar-refractivity contribution is 5.74. The first-order valence-electron chi connectivity index (χ1n) is 6.26. The van der Waals surface area contributed by atoms with Crippen molar-refractivity contribution in [3.63, 3.8) is 0 Å². The number of benzene rings is 2. The SMILES string of the molecule is Cc1cc(-c2c(C)cccc2O)cc(C(C)N)c1F. The van der Waals surface area contributed by atoms with Gasteiger partial charge in [0.15, 0.2) is 0 Å². The van der Waals surface area contributed by atoms with Crippen LogP contribution >= 0.6 is 0 Å². The molecule has 2 aromatic carbocycles. The Bertz CT molecular complexity index is 600. The Morgan fingerprint density at radius 2 is 1.84 bits per heavy atom. The summed E-state index contributed by atoms with van der Waals surface area (Å²) in [6.45, 7) is 5.37. The van der Waals surface area contributed by atoms with E-state index in [4.69, 9.17) is 5.73 Å². The third-order valence-corrected chi connectivity index (χ3v) is 3.31. The summed E-state index contributed by atoms with van der Waals surface area (Å²) < 4.78 is 14.0. The molecular weight excluding hydrogens is 241 g/mol. The van der Waals surface area contributed by atoms with Gasteiger partial charge in [-0.2, -0.15) is 0 Å². The number of phenols is 1. The number of halogens is 1. The topological polar surface area (TPSA) is 46.2 Å². The van der Waals surface area contributed by atoms with Gasteiger partial charge in [0.2, 0.25) is 0 Å². The summed E-state index contributed by atoms with van der Waals surface area (Å²) in [7, 11) is 0. The Morgan fingerprint density at radius 3 is 2.42 bits per heavy atom. The van der Waals surface area contributed by atoms with Crippen LogP contribution in [0.1, 0.15) is 29.7 Å². The second-order valence-electron chi connectivity index (χ2n) is 4.95. The minimum atomic E-state index is -0.384. The lowest BCUT2D eigenvalue weighted by molar-refractivity contribution is 0.477. The number of phenolic OH excluding ortho intramolecular Hbond substituents is 1. The molecule has 0 amide bonds. The van der Waals surface area contributed by atoms with E-state index in [1.807, 2.05) is 13.0 Å². The second kappa shape index (κ2) is 5.02. The Labute approximate surface area is 112 Å². The third kappa shape index (κ3) is 2.47. The van der Waals surface area contributed by atoms with Crippen LogP contribution in [0.15, 0.2) is 30.3 Å². The number of hydrogen-bond donors (Lipinski definition) is 2. The number of rotatable bonds is 2. The molecule has 0 aliphatic heterocycles. The van der Waals surface area contributed by atoms with Gasteiger partial charge in [0.25, 0.3) is 0 Å². The monoisotopic (exact) mass is 259 g/mol. The fourth-order valence-electron chi connectivity index (χ4n) is 2.30. The Balaban J connectivity index is 2.70. The molecule has 0 saturated carbocycles. The summed E-state index contributed by atoms with van der Waals surface area (Å²) in [6, 6.07) is 8.41. The number of aryl methyl sites for hydroxylation is 2. The molecule has 0 radical (unpaired) electrons. The molecule has 2 rings (SSSR count). The van der Waals surface area contributed by atoms with Crippen LogP contribution in [0.3, 0.4) is 0 Å². The lowest BCUT2D eigenvalue weighted by atomic mass is 9.94. The van der Waals surface area contributed by atoms with E-state index < -0.39 is 0 Å². The summed E-state index contributed by atoms with van der Waals surface area (Å²) >= 11 is 0. The molecule has 0 fully saturated rings. The maximum absolute atomic E-state index is 14.0. The van der Waals surface area contributed by atoms with Crippen molar-refractivity contribution in [3.8, 4) is 16.9 Å². The molecule has 2 nitrogen and oxygen atoms in total. The van der Waals surface area contributed by atoms with E-state index >= 15 is 0 Å². The van der Waals surface area contributed by atoms with E-state index in [0.29, 0.717) is 11.1 Å². The van der Waals surface area contributed by atoms with E-state index in [9.17, 15) is 9.50 Å². The molecule has 19 heavy (non-hydrogen) atoms. The average molecular weight is 259 g/mol. The van der Waals surface area contributed by atoms with Crippen molar-refractivity contribution in [1.82, 2.24) is 0 Å². The van der Waals surface area contributed by atoms with Crippen molar-refractivity contribution in [2.45, 2.75) is 26.8 Å². The van der Waals surface area contributed by atoms with E-state index in [0.717, 1.165) is 16.7 Å². The van der Waals surface area contributed by atoms with Gasteiger partial charge in [0.1, 0.15) is 11.6 Å². The predicted octanol–water partition coefficient (Wildman–Crippen LogP) is 3.83. The standard InChI is InChI=1S/C16H18FNO/c1-9-5-4-6-14(19)15(9)12-7-10(2)16(17)13(8-12)11(3)18/h4-8,11,19H,18H2,1-3H3. The summed E-state index contributed by atoms with van der Waals surface area (Å²) in [4.78, 5) is 0. The zero-order valence-electron chi connectivity index (χ0n) is 11.4. The van der Waals surface area contributed by atoms with Gasteiger partial charge in [-0.25, -0.2) is 4.39 Å². The first-order valence-corrected chi connectivity index (χ1v) is 6.26. The summed E-state index contributed by atoms with van der Waals surface area (Å²) in [5, 5.41) is 10.0.